The van der Waals surface area contributed by atoms with Gasteiger partial charge in [-0.25, -0.2) is 0 Å². The van der Waals surface area contributed by atoms with Crippen LogP contribution in [0.1, 0.15) is 20.3 Å². The predicted octanol–water partition coefficient (Wildman–Crippen LogP) is 2.14. The molecule has 0 atom stereocenters. The van der Waals surface area contributed by atoms with Gasteiger partial charge in [-0.05, 0) is 34.9 Å². The molecule has 0 aliphatic carbocycles. The summed E-state index contributed by atoms with van der Waals surface area (Å²) in [4.78, 5) is 0. The molecule has 1 heterocycles. The van der Waals surface area contributed by atoms with E-state index < -0.39 is 0 Å². The maximum absolute atomic E-state index is 5.53. The Bertz CT molecular complexity index is 497. The summed E-state index contributed by atoms with van der Waals surface area (Å²) in [5.41, 5.74) is 0.941. The molecule has 6 heteroatoms. The van der Waals surface area contributed by atoms with E-state index in [0.29, 0.717) is 11.9 Å². The first-order chi connectivity index (χ1) is 9.77. The van der Waals surface area contributed by atoms with E-state index in [1.54, 1.807) is 4.68 Å². The van der Waals surface area contributed by atoms with E-state index >= 15 is 0 Å². The highest BCUT2D eigenvalue weighted by Gasteiger charge is 2.06. The van der Waals surface area contributed by atoms with Gasteiger partial charge < -0.3 is 10.1 Å². The van der Waals surface area contributed by atoms with Gasteiger partial charge in [-0.2, -0.15) is 4.68 Å². The summed E-state index contributed by atoms with van der Waals surface area (Å²) >= 11 is 0. The molecule has 108 valence electrons. The molecule has 0 unspecified atom stereocenters. The van der Waals surface area contributed by atoms with Gasteiger partial charge in [-0.15, -0.1) is 0 Å². The average molecular weight is 275 g/mol. The Kier molecular flexibility index (Phi) is 5.49. The lowest BCUT2D eigenvalue weighted by Gasteiger charge is -2.08. The summed E-state index contributed by atoms with van der Waals surface area (Å²) in [7, 11) is 0. The van der Waals surface area contributed by atoms with Gasteiger partial charge in [0.2, 0.25) is 5.95 Å². The van der Waals surface area contributed by atoms with Crippen LogP contribution in [0.2, 0.25) is 0 Å². The van der Waals surface area contributed by atoms with Gasteiger partial charge in [0.15, 0.2) is 0 Å². The fourth-order valence-electron chi connectivity index (χ4n) is 1.73. The van der Waals surface area contributed by atoms with Gasteiger partial charge in [0.1, 0.15) is 0 Å². The number of benzene rings is 1. The number of aromatic nitrogens is 4. The number of ether oxygens (including phenoxy) is 1. The normalized spacial score (nSPS) is 10.9. The molecular weight excluding hydrogens is 254 g/mol. The Morgan fingerprint density at radius 3 is 2.80 bits per heavy atom. The van der Waals surface area contributed by atoms with Crippen LogP contribution >= 0.6 is 0 Å². The fourth-order valence-corrected chi connectivity index (χ4v) is 1.73. The Labute approximate surface area is 119 Å². The summed E-state index contributed by atoms with van der Waals surface area (Å²) < 4.78 is 7.22. The lowest BCUT2D eigenvalue weighted by Crippen LogP contribution is -2.11. The second-order valence-corrected chi connectivity index (χ2v) is 5.00. The maximum Gasteiger partial charge on any atom is 0.247 e. The first-order valence-corrected chi connectivity index (χ1v) is 6.93. The highest BCUT2D eigenvalue weighted by Crippen LogP contribution is 2.10. The summed E-state index contributed by atoms with van der Waals surface area (Å²) in [6, 6.07) is 9.81. The molecule has 6 nitrogen and oxygen atoms in total. The van der Waals surface area contributed by atoms with Crippen LogP contribution in [-0.4, -0.2) is 40.0 Å². The fraction of sp³-hybridized carbons (Fsp3) is 0.500. The zero-order chi connectivity index (χ0) is 14.2. The third-order valence-corrected chi connectivity index (χ3v) is 2.67. The van der Waals surface area contributed by atoms with Crippen LogP contribution in [0.15, 0.2) is 30.3 Å². The summed E-state index contributed by atoms with van der Waals surface area (Å²) in [6.45, 7) is 6.63. The van der Waals surface area contributed by atoms with Crippen LogP contribution in [-0.2, 0) is 4.74 Å². The number of nitrogens with one attached hydrogen (secondary N) is 1. The molecule has 0 aliphatic heterocycles. The van der Waals surface area contributed by atoms with Gasteiger partial charge in [0, 0.05) is 19.8 Å². The van der Waals surface area contributed by atoms with Crippen LogP contribution in [0, 0.1) is 5.92 Å². The number of tetrazole rings is 1. The molecule has 0 aliphatic rings. The van der Waals surface area contributed by atoms with E-state index in [-0.39, 0.29) is 0 Å². The summed E-state index contributed by atoms with van der Waals surface area (Å²) in [5.74, 6) is 1.23. The van der Waals surface area contributed by atoms with E-state index in [2.05, 4.69) is 34.7 Å². The van der Waals surface area contributed by atoms with E-state index in [9.17, 15) is 0 Å². The largest absolute Gasteiger partial charge is 0.381 e. The lowest BCUT2D eigenvalue weighted by molar-refractivity contribution is 0.110. The molecule has 0 radical (unpaired) electrons. The molecule has 0 fully saturated rings. The topological polar surface area (TPSA) is 64.9 Å². The molecular formula is C14H21N5O. The monoisotopic (exact) mass is 275 g/mol. The second-order valence-electron chi connectivity index (χ2n) is 5.00. The van der Waals surface area contributed by atoms with Crippen LogP contribution < -0.4 is 5.32 Å². The van der Waals surface area contributed by atoms with Crippen molar-refractivity contribution in [1.29, 1.82) is 0 Å². The molecule has 1 N–H and O–H groups in total. The van der Waals surface area contributed by atoms with E-state index in [0.717, 1.165) is 31.9 Å². The van der Waals surface area contributed by atoms with Gasteiger partial charge in [-0.3, -0.25) is 0 Å². The first-order valence-electron chi connectivity index (χ1n) is 6.93. The van der Waals surface area contributed by atoms with E-state index in [1.807, 2.05) is 30.3 Å². The highest BCUT2D eigenvalue weighted by atomic mass is 16.5. The average Bonchev–Trinajstić information content (AvgIpc) is 2.92. The number of hydrogen-bond acceptors (Lipinski definition) is 5. The Balaban J connectivity index is 1.78. The Hall–Kier alpha value is -1.95. The Morgan fingerprint density at radius 2 is 2.05 bits per heavy atom. The molecule has 1 aromatic carbocycles. The van der Waals surface area contributed by atoms with Crippen molar-refractivity contribution in [2.75, 3.05) is 25.1 Å². The minimum absolute atomic E-state index is 0.577. The highest BCUT2D eigenvalue weighted by molar-refractivity contribution is 5.38. The maximum atomic E-state index is 5.53. The lowest BCUT2D eigenvalue weighted by atomic mass is 10.2. The Morgan fingerprint density at radius 1 is 1.25 bits per heavy atom. The third kappa shape index (κ3) is 4.31. The molecule has 1 aromatic heterocycles. The van der Waals surface area contributed by atoms with Crippen LogP contribution in [0.4, 0.5) is 5.95 Å². The molecule has 2 aromatic rings. The van der Waals surface area contributed by atoms with Crippen molar-refractivity contribution in [3.8, 4) is 5.69 Å². The molecule has 0 saturated heterocycles. The third-order valence-electron chi connectivity index (χ3n) is 2.67. The minimum Gasteiger partial charge on any atom is -0.381 e. The van der Waals surface area contributed by atoms with Crippen molar-refractivity contribution < 1.29 is 4.74 Å². The smallest absolute Gasteiger partial charge is 0.247 e. The van der Waals surface area contributed by atoms with Crippen molar-refractivity contribution in [3.05, 3.63) is 30.3 Å². The number of anilines is 1. The van der Waals surface area contributed by atoms with Crippen LogP contribution in [0.3, 0.4) is 0 Å². The number of hydrogen-bond donors (Lipinski definition) is 1. The molecule has 0 bridgehead atoms. The van der Waals surface area contributed by atoms with E-state index in [1.165, 1.54) is 0 Å². The van der Waals surface area contributed by atoms with Gasteiger partial charge in [-0.1, -0.05) is 37.1 Å². The van der Waals surface area contributed by atoms with Crippen molar-refractivity contribution >= 4 is 5.95 Å². The first kappa shape index (κ1) is 14.5. The van der Waals surface area contributed by atoms with Gasteiger partial charge in [0.25, 0.3) is 0 Å². The van der Waals surface area contributed by atoms with Gasteiger partial charge in [0.05, 0.1) is 5.69 Å². The minimum atomic E-state index is 0.577. The molecule has 0 amide bonds. The zero-order valence-corrected chi connectivity index (χ0v) is 12.0. The van der Waals surface area contributed by atoms with Gasteiger partial charge >= 0.3 is 0 Å². The zero-order valence-electron chi connectivity index (χ0n) is 12.0. The molecule has 0 spiro atoms. The van der Waals surface area contributed by atoms with Crippen molar-refractivity contribution in [1.82, 2.24) is 20.2 Å². The second kappa shape index (κ2) is 7.59. The SMILES string of the molecule is CC(C)COCCCNc1nnnn1-c1ccccc1. The number of rotatable bonds is 8. The summed E-state index contributed by atoms with van der Waals surface area (Å²) in [5, 5.41) is 14.9. The standard InChI is InChI=1S/C14H21N5O/c1-12(2)11-20-10-6-9-15-14-16-17-18-19(14)13-7-4-3-5-8-13/h3-5,7-8,12H,6,9-11H2,1-2H3,(H,15,16,18). The van der Waals surface area contributed by atoms with Crippen molar-refractivity contribution in [3.63, 3.8) is 0 Å². The van der Waals surface area contributed by atoms with Crippen molar-refractivity contribution in [2.24, 2.45) is 5.92 Å². The molecule has 20 heavy (non-hydrogen) atoms. The van der Waals surface area contributed by atoms with Crippen LogP contribution in [0.5, 0.6) is 0 Å². The number of nitrogens with zero attached hydrogens (tertiary/aromatic N) is 4. The predicted molar refractivity (Wildman–Crippen MR) is 77.9 cm³/mol. The van der Waals surface area contributed by atoms with E-state index in [4.69, 9.17) is 4.74 Å². The van der Waals surface area contributed by atoms with Crippen molar-refractivity contribution in [2.45, 2.75) is 20.3 Å². The quantitative estimate of drug-likeness (QED) is 0.748. The van der Waals surface area contributed by atoms with Crippen LogP contribution in [0.25, 0.3) is 5.69 Å². The molecule has 2 rings (SSSR count). The number of para-hydroxylation sites is 1. The molecule has 0 saturated carbocycles. The summed E-state index contributed by atoms with van der Waals surface area (Å²) in [6.07, 6.45) is 0.925.